The van der Waals surface area contributed by atoms with Crippen molar-refractivity contribution in [3.63, 3.8) is 0 Å². The molecule has 0 atom stereocenters. The largest absolute Gasteiger partial charge is 0.385 e. The van der Waals surface area contributed by atoms with Gasteiger partial charge in [-0.05, 0) is 35.2 Å². The Balaban J connectivity index is 2.28. The lowest BCUT2D eigenvalue weighted by molar-refractivity contribution is 0.192. The maximum Gasteiger partial charge on any atom is 0.131 e. The van der Waals surface area contributed by atoms with Crippen molar-refractivity contribution in [3.05, 3.63) is 16.5 Å². The van der Waals surface area contributed by atoms with Crippen LogP contribution in [0.4, 0.5) is 5.82 Å². The van der Waals surface area contributed by atoms with Gasteiger partial charge in [-0.2, -0.15) is 0 Å². The SMILES string of the molecule is CCc1nc(Br)cc(NCCCCCOC)n1. The lowest BCUT2D eigenvalue weighted by Crippen LogP contribution is -2.06. The van der Waals surface area contributed by atoms with Gasteiger partial charge in [0.2, 0.25) is 0 Å². The second-order valence-electron chi connectivity index (χ2n) is 3.83. The number of nitrogens with zero attached hydrogens (tertiary/aromatic N) is 2. The molecule has 1 rings (SSSR count). The van der Waals surface area contributed by atoms with Crippen LogP contribution in [-0.4, -0.2) is 30.2 Å². The van der Waals surface area contributed by atoms with Crippen molar-refractivity contribution < 1.29 is 4.74 Å². The Morgan fingerprint density at radius 2 is 2.12 bits per heavy atom. The van der Waals surface area contributed by atoms with Crippen molar-refractivity contribution in [2.24, 2.45) is 0 Å². The molecule has 0 aliphatic heterocycles. The zero-order valence-corrected chi connectivity index (χ0v) is 12.1. The molecule has 0 fully saturated rings. The summed E-state index contributed by atoms with van der Waals surface area (Å²) < 4.78 is 5.84. The number of aromatic nitrogens is 2. The second-order valence-corrected chi connectivity index (χ2v) is 4.64. The minimum absolute atomic E-state index is 0.839. The minimum Gasteiger partial charge on any atom is -0.385 e. The first-order chi connectivity index (χ1) is 8.26. The van der Waals surface area contributed by atoms with E-state index in [-0.39, 0.29) is 0 Å². The number of halogens is 1. The van der Waals surface area contributed by atoms with Crippen molar-refractivity contribution in [2.45, 2.75) is 32.6 Å². The Hall–Kier alpha value is -0.680. The highest BCUT2D eigenvalue weighted by Crippen LogP contribution is 2.12. The number of aryl methyl sites for hydroxylation is 1. The molecule has 0 saturated heterocycles. The van der Waals surface area contributed by atoms with E-state index < -0.39 is 0 Å². The maximum atomic E-state index is 5.01. The van der Waals surface area contributed by atoms with E-state index in [1.165, 1.54) is 6.42 Å². The lowest BCUT2D eigenvalue weighted by atomic mass is 10.2. The number of hydrogen-bond donors (Lipinski definition) is 1. The number of ether oxygens (including phenoxy) is 1. The molecule has 1 aromatic heterocycles. The van der Waals surface area contributed by atoms with Gasteiger partial charge in [0.1, 0.15) is 16.2 Å². The Morgan fingerprint density at radius 3 is 2.82 bits per heavy atom. The predicted octanol–water partition coefficient (Wildman–Crippen LogP) is 3.03. The summed E-state index contributed by atoms with van der Waals surface area (Å²) in [5.74, 6) is 1.76. The first-order valence-corrected chi connectivity index (χ1v) is 6.81. The van der Waals surface area contributed by atoms with E-state index in [1.54, 1.807) is 7.11 Å². The van der Waals surface area contributed by atoms with Crippen LogP contribution in [0, 0.1) is 0 Å². The fraction of sp³-hybridized carbons (Fsp3) is 0.667. The molecule has 17 heavy (non-hydrogen) atoms. The smallest absolute Gasteiger partial charge is 0.131 e. The quantitative estimate of drug-likeness (QED) is 0.592. The van der Waals surface area contributed by atoms with Crippen LogP contribution < -0.4 is 5.32 Å². The third kappa shape index (κ3) is 5.98. The summed E-state index contributed by atoms with van der Waals surface area (Å²) in [5, 5.41) is 3.32. The monoisotopic (exact) mass is 301 g/mol. The second kappa shape index (κ2) is 8.42. The summed E-state index contributed by atoms with van der Waals surface area (Å²) in [4.78, 5) is 8.68. The van der Waals surface area contributed by atoms with Crippen LogP contribution in [0.5, 0.6) is 0 Å². The molecule has 0 spiro atoms. The van der Waals surface area contributed by atoms with Crippen molar-refractivity contribution in [2.75, 3.05) is 25.6 Å². The standard InChI is InChI=1S/C12H20BrN3O/c1-3-11-15-10(13)9-12(16-11)14-7-5-4-6-8-17-2/h9H,3-8H2,1-2H3,(H,14,15,16). The van der Waals surface area contributed by atoms with E-state index in [9.17, 15) is 0 Å². The fourth-order valence-corrected chi connectivity index (χ4v) is 1.90. The third-order valence-corrected chi connectivity index (χ3v) is 2.80. The molecule has 0 bridgehead atoms. The summed E-state index contributed by atoms with van der Waals surface area (Å²) in [7, 11) is 1.74. The number of methoxy groups -OCH3 is 1. The van der Waals surface area contributed by atoms with Gasteiger partial charge in [0.05, 0.1) is 0 Å². The van der Waals surface area contributed by atoms with Gasteiger partial charge in [-0.25, -0.2) is 9.97 Å². The molecule has 0 saturated carbocycles. The molecule has 4 nitrogen and oxygen atoms in total. The molecule has 0 amide bonds. The van der Waals surface area contributed by atoms with Gasteiger partial charge in [0.25, 0.3) is 0 Å². The van der Waals surface area contributed by atoms with Gasteiger partial charge in [-0.3, -0.25) is 0 Å². The van der Waals surface area contributed by atoms with E-state index in [2.05, 4.69) is 38.1 Å². The third-order valence-electron chi connectivity index (χ3n) is 2.39. The predicted molar refractivity (Wildman–Crippen MR) is 73.3 cm³/mol. The highest BCUT2D eigenvalue weighted by molar-refractivity contribution is 9.10. The van der Waals surface area contributed by atoms with Crippen LogP contribution >= 0.6 is 15.9 Å². The highest BCUT2D eigenvalue weighted by atomic mass is 79.9. The number of rotatable bonds is 8. The number of hydrogen-bond acceptors (Lipinski definition) is 4. The summed E-state index contributed by atoms with van der Waals surface area (Å²) in [6, 6.07) is 1.91. The van der Waals surface area contributed by atoms with Crippen LogP contribution in [0.2, 0.25) is 0 Å². The molecule has 0 aliphatic rings. The summed E-state index contributed by atoms with van der Waals surface area (Å²) >= 11 is 3.39. The van der Waals surface area contributed by atoms with Gasteiger partial charge in [-0.1, -0.05) is 6.92 Å². The van der Waals surface area contributed by atoms with Gasteiger partial charge in [0, 0.05) is 32.7 Å². The summed E-state index contributed by atoms with van der Waals surface area (Å²) in [6.07, 6.45) is 4.27. The van der Waals surface area contributed by atoms with Crippen LogP contribution in [-0.2, 0) is 11.2 Å². The van der Waals surface area contributed by atoms with Crippen molar-refractivity contribution in [1.29, 1.82) is 0 Å². The Labute approximate surface area is 111 Å². The Morgan fingerprint density at radius 1 is 1.29 bits per heavy atom. The van der Waals surface area contributed by atoms with E-state index in [4.69, 9.17) is 4.74 Å². The molecular formula is C12H20BrN3O. The summed E-state index contributed by atoms with van der Waals surface area (Å²) in [6.45, 7) is 3.84. The fourth-order valence-electron chi connectivity index (χ4n) is 1.48. The number of unbranched alkanes of at least 4 members (excludes halogenated alkanes) is 2. The lowest BCUT2D eigenvalue weighted by Gasteiger charge is -2.07. The Kier molecular flexibility index (Phi) is 7.12. The highest BCUT2D eigenvalue weighted by Gasteiger charge is 2.00. The van der Waals surface area contributed by atoms with E-state index in [0.29, 0.717) is 0 Å². The van der Waals surface area contributed by atoms with Gasteiger partial charge >= 0.3 is 0 Å². The zero-order chi connectivity index (χ0) is 12.5. The molecule has 5 heteroatoms. The normalized spacial score (nSPS) is 10.5. The first-order valence-electron chi connectivity index (χ1n) is 6.02. The molecule has 0 radical (unpaired) electrons. The average Bonchev–Trinajstić information content (AvgIpc) is 2.33. The van der Waals surface area contributed by atoms with E-state index in [0.717, 1.165) is 48.7 Å². The number of nitrogens with one attached hydrogen (secondary N) is 1. The molecule has 96 valence electrons. The molecule has 0 aromatic carbocycles. The van der Waals surface area contributed by atoms with E-state index >= 15 is 0 Å². The Bertz CT molecular complexity index is 334. The topological polar surface area (TPSA) is 47.0 Å². The molecular weight excluding hydrogens is 282 g/mol. The van der Waals surface area contributed by atoms with Crippen LogP contribution in [0.15, 0.2) is 10.7 Å². The van der Waals surface area contributed by atoms with Crippen molar-refractivity contribution in [3.8, 4) is 0 Å². The van der Waals surface area contributed by atoms with Gasteiger partial charge in [0.15, 0.2) is 0 Å². The van der Waals surface area contributed by atoms with Crippen molar-refractivity contribution in [1.82, 2.24) is 9.97 Å². The first kappa shape index (κ1) is 14.4. The van der Waals surface area contributed by atoms with Crippen LogP contribution in [0.1, 0.15) is 32.0 Å². The summed E-state index contributed by atoms with van der Waals surface area (Å²) in [5.41, 5.74) is 0. The molecule has 1 heterocycles. The minimum atomic E-state index is 0.839. The van der Waals surface area contributed by atoms with E-state index in [1.807, 2.05) is 6.07 Å². The molecule has 0 unspecified atom stereocenters. The molecule has 0 aliphatic carbocycles. The van der Waals surface area contributed by atoms with Crippen molar-refractivity contribution >= 4 is 21.7 Å². The van der Waals surface area contributed by atoms with Gasteiger partial charge < -0.3 is 10.1 Å². The number of anilines is 1. The average molecular weight is 302 g/mol. The maximum absolute atomic E-state index is 5.01. The molecule has 1 aromatic rings. The zero-order valence-electron chi connectivity index (χ0n) is 10.5. The van der Waals surface area contributed by atoms with Gasteiger partial charge in [-0.15, -0.1) is 0 Å². The van der Waals surface area contributed by atoms with Crippen LogP contribution in [0.3, 0.4) is 0 Å². The molecule has 1 N–H and O–H groups in total. The van der Waals surface area contributed by atoms with Crippen LogP contribution in [0.25, 0.3) is 0 Å².